The highest BCUT2D eigenvalue weighted by molar-refractivity contribution is 7.10. The minimum absolute atomic E-state index is 0.318. The molecule has 0 atom stereocenters. The molecule has 0 radical (unpaired) electrons. The van der Waals surface area contributed by atoms with Crippen LogP contribution in [0.4, 0.5) is 0 Å². The van der Waals surface area contributed by atoms with Gasteiger partial charge in [0.15, 0.2) is 0 Å². The van der Waals surface area contributed by atoms with Crippen LogP contribution in [-0.2, 0) is 9.53 Å². The number of hydrogen-bond acceptors (Lipinski definition) is 4. The Morgan fingerprint density at radius 2 is 2.06 bits per heavy atom. The second-order valence-corrected chi connectivity index (χ2v) is 6.35. The van der Waals surface area contributed by atoms with E-state index >= 15 is 0 Å². The molecule has 0 amide bonds. The summed E-state index contributed by atoms with van der Waals surface area (Å²) in [6.45, 7) is 8.31. The van der Waals surface area contributed by atoms with Crippen molar-refractivity contribution in [2.75, 3.05) is 13.1 Å². The number of nitrogens with one attached hydrogen (secondary N) is 1. The SMILES string of the molecule is CC(C)(C)OC=O.c1csc(C2CCNCC2)c1. The van der Waals surface area contributed by atoms with E-state index in [-0.39, 0.29) is 5.60 Å². The van der Waals surface area contributed by atoms with Gasteiger partial charge in [0.1, 0.15) is 5.60 Å². The van der Waals surface area contributed by atoms with E-state index in [1.54, 1.807) is 4.88 Å². The summed E-state index contributed by atoms with van der Waals surface area (Å²) in [4.78, 5) is 11.2. The second-order valence-electron chi connectivity index (χ2n) is 5.37. The lowest BCUT2D eigenvalue weighted by Gasteiger charge is -2.21. The maximum atomic E-state index is 9.60. The van der Waals surface area contributed by atoms with Crippen LogP contribution in [0.3, 0.4) is 0 Å². The van der Waals surface area contributed by atoms with E-state index in [0.717, 1.165) is 5.92 Å². The highest BCUT2D eigenvalue weighted by atomic mass is 32.1. The summed E-state index contributed by atoms with van der Waals surface area (Å²) in [5, 5.41) is 5.56. The third kappa shape index (κ3) is 6.17. The van der Waals surface area contributed by atoms with Gasteiger partial charge in [0.25, 0.3) is 6.47 Å². The van der Waals surface area contributed by atoms with Gasteiger partial charge in [0.05, 0.1) is 0 Å². The van der Waals surface area contributed by atoms with Crippen LogP contribution in [0.5, 0.6) is 0 Å². The molecule has 18 heavy (non-hydrogen) atoms. The Morgan fingerprint density at radius 1 is 1.39 bits per heavy atom. The van der Waals surface area contributed by atoms with Crippen LogP contribution in [0.25, 0.3) is 0 Å². The number of ether oxygens (including phenoxy) is 1. The molecule has 0 saturated carbocycles. The van der Waals surface area contributed by atoms with Gasteiger partial charge in [-0.2, -0.15) is 0 Å². The molecule has 0 aliphatic carbocycles. The first-order chi connectivity index (χ1) is 8.53. The third-order valence-electron chi connectivity index (χ3n) is 2.69. The van der Waals surface area contributed by atoms with E-state index < -0.39 is 0 Å². The van der Waals surface area contributed by atoms with Crippen LogP contribution in [0.2, 0.25) is 0 Å². The summed E-state index contributed by atoms with van der Waals surface area (Å²) in [5.41, 5.74) is -0.318. The van der Waals surface area contributed by atoms with Crippen molar-refractivity contribution in [2.24, 2.45) is 0 Å². The number of piperidine rings is 1. The minimum atomic E-state index is -0.318. The molecule has 1 N–H and O–H groups in total. The first-order valence-corrected chi connectivity index (χ1v) is 7.26. The van der Waals surface area contributed by atoms with Crippen LogP contribution in [0.1, 0.15) is 44.4 Å². The molecule has 1 fully saturated rings. The van der Waals surface area contributed by atoms with Gasteiger partial charge in [-0.1, -0.05) is 6.07 Å². The number of rotatable bonds is 2. The van der Waals surface area contributed by atoms with Gasteiger partial charge in [-0.3, -0.25) is 4.79 Å². The summed E-state index contributed by atoms with van der Waals surface area (Å²) in [5.74, 6) is 0.844. The molecule has 1 aliphatic heterocycles. The van der Waals surface area contributed by atoms with E-state index in [1.165, 1.54) is 25.9 Å². The molecule has 1 aromatic heterocycles. The minimum Gasteiger partial charge on any atom is -0.462 e. The summed E-state index contributed by atoms with van der Waals surface area (Å²) in [7, 11) is 0. The van der Waals surface area contributed by atoms with Crippen molar-refractivity contribution >= 4 is 17.8 Å². The number of thiophene rings is 1. The van der Waals surface area contributed by atoms with Crippen LogP contribution >= 0.6 is 11.3 Å². The third-order valence-corrected chi connectivity index (χ3v) is 3.72. The van der Waals surface area contributed by atoms with Crippen molar-refractivity contribution in [3.8, 4) is 0 Å². The standard InChI is InChI=1S/C9H13NS.C5H10O2/c1-2-9(11-7-1)8-3-5-10-6-4-8;1-5(2,3)7-4-6/h1-2,7-8,10H,3-6H2;4H,1-3H3. The first kappa shape index (κ1) is 15.2. The Bertz CT molecular complexity index is 324. The highest BCUT2D eigenvalue weighted by Crippen LogP contribution is 2.28. The zero-order valence-electron chi connectivity index (χ0n) is 11.4. The predicted octanol–water partition coefficient (Wildman–Crippen LogP) is 3.17. The lowest BCUT2D eigenvalue weighted by molar-refractivity contribution is -0.138. The summed E-state index contributed by atoms with van der Waals surface area (Å²) < 4.78 is 4.55. The number of hydrogen-bond donors (Lipinski definition) is 1. The monoisotopic (exact) mass is 269 g/mol. The molecule has 0 unspecified atom stereocenters. The zero-order valence-corrected chi connectivity index (χ0v) is 12.3. The molecule has 1 aliphatic rings. The quantitative estimate of drug-likeness (QED) is 0.838. The average Bonchev–Trinajstić information content (AvgIpc) is 2.83. The number of carbonyl (C=O) groups excluding carboxylic acids is 1. The fourth-order valence-corrected chi connectivity index (χ4v) is 2.67. The topological polar surface area (TPSA) is 38.3 Å². The molecule has 1 saturated heterocycles. The van der Waals surface area contributed by atoms with Crippen molar-refractivity contribution in [1.29, 1.82) is 0 Å². The van der Waals surface area contributed by atoms with Gasteiger partial charge in [-0.15, -0.1) is 11.3 Å². The fraction of sp³-hybridized carbons (Fsp3) is 0.643. The first-order valence-electron chi connectivity index (χ1n) is 6.38. The Kier molecular flexibility index (Phi) is 6.36. The maximum absolute atomic E-state index is 9.60. The Morgan fingerprint density at radius 3 is 2.44 bits per heavy atom. The van der Waals surface area contributed by atoms with Crippen molar-refractivity contribution < 1.29 is 9.53 Å². The summed E-state index contributed by atoms with van der Waals surface area (Å²) >= 11 is 1.90. The highest BCUT2D eigenvalue weighted by Gasteiger charge is 2.14. The lowest BCUT2D eigenvalue weighted by atomic mass is 9.97. The van der Waals surface area contributed by atoms with Crippen molar-refractivity contribution in [3.05, 3.63) is 22.4 Å². The van der Waals surface area contributed by atoms with Gasteiger partial charge in [0.2, 0.25) is 0 Å². The van der Waals surface area contributed by atoms with Gasteiger partial charge in [-0.05, 0) is 64.1 Å². The fourth-order valence-electron chi connectivity index (χ4n) is 1.77. The largest absolute Gasteiger partial charge is 0.462 e. The van der Waals surface area contributed by atoms with Crippen molar-refractivity contribution in [3.63, 3.8) is 0 Å². The normalized spacial score (nSPS) is 16.6. The molecule has 3 nitrogen and oxygen atoms in total. The molecular weight excluding hydrogens is 246 g/mol. The van der Waals surface area contributed by atoms with E-state index in [9.17, 15) is 4.79 Å². The molecule has 2 rings (SSSR count). The Labute approximate surface area is 114 Å². The molecular formula is C14H23NO2S. The van der Waals surface area contributed by atoms with Gasteiger partial charge >= 0.3 is 0 Å². The molecule has 4 heteroatoms. The molecule has 2 heterocycles. The predicted molar refractivity (Wildman–Crippen MR) is 76.1 cm³/mol. The maximum Gasteiger partial charge on any atom is 0.293 e. The molecule has 0 bridgehead atoms. The zero-order chi connectivity index (χ0) is 13.4. The van der Waals surface area contributed by atoms with E-state index in [4.69, 9.17) is 0 Å². The molecule has 0 spiro atoms. The number of carbonyl (C=O) groups is 1. The van der Waals surface area contributed by atoms with E-state index in [0.29, 0.717) is 6.47 Å². The molecule has 1 aromatic rings. The second kappa shape index (κ2) is 7.54. The van der Waals surface area contributed by atoms with Crippen LogP contribution in [0, 0.1) is 0 Å². The van der Waals surface area contributed by atoms with Crippen molar-refractivity contribution in [1.82, 2.24) is 5.32 Å². The summed E-state index contributed by atoms with van der Waals surface area (Å²) in [6.07, 6.45) is 2.64. The van der Waals surface area contributed by atoms with Gasteiger partial charge < -0.3 is 10.1 Å². The van der Waals surface area contributed by atoms with Crippen LogP contribution in [0.15, 0.2) is 17.5 Å². The molecule has 102 valence electrons. The van der Waals surface area contributed by atoms with Crippen molar-refractivity contribution in [2.45, 2.75) is 45.1 Å². The van der Waals surface area contributed by atoms with Crippen LogP contribution < -0.4 is 5.32 Å². The van der Waals surface area contributed by atoms with E-state index in [1.807, 2.05) is 32.1 Å². The van der Waals surface area contributed by atoms with Gasteiger partial charge in [-0.25, -0.2) is 0 Å². The smallest absolute Gasteiger partial charge is 0.293 e. The van der Waals surface area contributed by atoms with Crippen LogP contribution in [-0.4, -0.2) is 25.2 Å². The molecule has 0 aromatic carbocycles. The summed E-state index contributed by atoms with van der Waals surface area (Å²) in [6, 6.07) is 4.42. The Balaban J connectivity index is 0.000000203. The average molecular weight is 269 g/mol. The van der Waals surface area contributed by atoms with E-state index in [2.05, 4.69) is 27.6 Å². The Hall–Kier alpha value is -0.870. The lowest BCUT2D eigenvalue weighted by Crippen LogP contribution is -2.26. The van der Waals surface area contributed by atoms with Gasteiger partial charge in [0, 0.05) is 4.88 Å².